The summed E-state index contributed by atoms with van der Waals surface area (Å²) in [6, 6.07) is 0. The van der Waals surface area contributed by atoms with Crippen LogP contribution in [0.15, 0.2) is 0 Å². The third kappa shape index (κ3) is 5.86. The minimum absolute atomic E-state index is 0.0521. The third-order valence-electron chi connectivity index (χ3n) is 16.3. The lowest BCUT2D eigenvalue weighted by molar-refractivity contribution is -0.374. The van der Waals surface area contributed by atoms with Crippen molar-refractivity contribution in [2.24, 2.45) is 46.3 Å². The van der Waals surface area contributed by atoms with Crippen molar-refractivity contribution in [1.82, 2.24) is 0 Å². The Hall–Kier alpha value is -0.560. The first-order valence-electron chi connectivity index (χ1n) is 20.3. The molecule has 0 radical (unpaired) electrons. The standard InChI is InChI=1S/C39H64O14/c1-17-6-11-39(48-16-17)18(2)27-24(53-39)13-23-21-12-26(41)38(47)14-20(7-10-37(38,5)22(21)8-9-36(23,27)4)50-35-33(31(45)29(43)25(15-40)51-35)52-34-32(46)30(44)28(42)19(3)49-34/h17-35,40-47H,6-16H2,1-5H3/t17-,18+,19+,20+,21-,22+,23+,24+,25-,26-,27+,28+,29-,30-,31+,32-,33-,34+,35-,36+,37-,38+,39-/m1/s1. The van der Waals surface area contributed by atoms with E-state index >= 15 is 0 Å². The van der Waals surface area contributed by atoms with Gasteiger partial charge in [0, 0.05) is 24.2 Å². The zero-order valence-electron chi connectivity index (χ0n) is 31.8. The highest BCUT2D eigenvalue weighted by molar-refractivity contribution is 5.20. The van der Waals surface area contributed by atoms with Gasteiger partial charge in [0.2, 0.25) is 0 Å². The number of aliphatic hydroxyl groups excluding tert-OH is 7. The molecular formula is C39H64O14. The van der Waals surface area contributed by atoms with Crippen molar-refractivity contribution in [1.29, 1.82) is 0 Å². The molecule has 0 aromatic heterocycles. The predicted octanol–water partition coefficient (Wildman–Crippen LogP) is 0.556. The normalized spacial score (nSPS) is 61.0. The molecule has 8 aliphatic rings. The van der Waals surface area contributed by atoms with Crippen molar-refractivity contribution >= 4 is 0 Å². The molecule has 0 amide bonds. The summed E-state index contributed by atoms with van der Waals surface area (Å²) >= 11 is 0. The molecule has 4 saturated carbocycles. The second-order valence-corrected chi connectivity index (χ2v) is 19.0. The quantitative estimate of drug-likeness (QED) is 0.180. The van der Waals surface area contributed by atoms with Gasteiger partial charge in [0.1, 0.15) is 42.7 Å². The molecule has 0 bridgehead atoms. The molecule has 4 saturated heterocycles. The van der Waals surface area contributed by atoms with Gasteiger partial charge in [-0.1, -0.05) is 27.7 Å². The van der Waals surface area contributed by atoms with E-state index in [2.05, 4.69) is 27.7 Å². The highest BCUT2D eigenvalue weighted by Gasteiger charge is 2.72. The van der Waals surface area contributed by atoms with E-state index in [1.165, 1.54) is 6.92 Å². The molecular weight excluding hydrogens is 692 g/mol. The fraction of sp³-hybridized carbons (Fsp3) is 1.00. The van der Waals surface area contributed by atoms with Gasteiger partial charge in [0.25, 0.3) is 0 Å². The van der Waals surface area contributed by atoms with Crippen LogP contribution in [0.1, 0.15) is 92.4 Å². The maximum absolute atomic E-state index is 12.6. The van der Waals surface area contributed by atoms with Crippen molar-refractivity contribution in [2.75, 3.05) is 13.2 Å². The van der Waals surface area contributed by atoms with E-state index in [0.717, 1.165) is 38.7 Å². The van der Waals surface area contributed by atoms with Gasteiger partial charge < -0.3 is 69.3 Å². The first kappa shape index (κ1) is 39.3. The summed E-state index contributed by atoms with van der Waals surface area (Å²) in [6.45, 7) is 10.7. The van der Waals surface area contributed by atoms with Crippen LogP contribution in [0.3, 0.4) is 0 Å². The number of hydrogen-bond acceptors (Lipinski definition) is 14. The average Bonchev–Trinajstić information content (AvgIpc) is 3.57. The summed E-state index contributed by atoms with van der Waals surface area (Å²) in [5, 5.41) is 87.6. The van der Waals surface area contributed by atoms with Crippen LogP contribution in [-0.4, -0.2) is 145 Å². The lowest BCUT2D eigenvalue weighted by Gasteiger charge is -2.65. The molecule has 4 aliphatic carbocycles. The number of hydrogen-bond donors (Lipinski definition) is 8. The lowest BCUT2D eigenvalue weighted by atomic mass is 9.42. The maximum Gasteiger partial charge on any atom is 0.187 e. The van der Waals surface area contributed by atoms with Gasteiger partial charge in [0.15, 0.2) is 18.4 Å². The van der Waals surface area contributed by atoms with Crippen molar-refractivity contribution < 1.29 is 69.3 Å². The van der Waals surface area contributed by atoms with Gasteiger partial charge in [0.05, 0.1) is 43.2 Å². The Morgan fingerprint density at radius 1 is 0.755 bits per heavy atom. The molecule has 4 aliphatic heterocycles. The first-order valence-corrected chi connectivity index (χ1v) is 20.3. The summed E-state index contributed by atoms with van der Waals surface area (Å²) in [4.78, 5) is 0. The Morgan fingerprint density at radius 2 is 1.51 bits per heavy atom. The molecule has 1 spiro atoms. The Balaban J connectivity index is 0.983. The molecule has 14 nitrogen and oxygen atoms in total. The van der Waals surface area contributed by atoms with E-state index < -0.39 is 97.0 Å². The van der Waals surface area contributed by atoms with Crippen LogP contribution in [-0.2, 0) is 28.4 Å². The SMILES string of the molecule is C[C@@H]1CC[C@@]2(OC1)O[C@H]1C[C@H]3[C@@H]4C[C@@H](O)[C@@]5(O)C[C@@H](O[C@@H]6O[C@H](CO)[C@@H](O)[C@H](O)[C@H]6O[C@@H]6O[C@@H](C)[C@H](O)[C@@H](O)[C@H]6O)CC[C@]5(C)[C@H]4CC[C@]3(C)[C@H]1[C@@H]2C. The molecule has 8 fully saturated rings. The number of aliphatic hydroxyl groups is 8. The van der Waals surface area contributed by atoms with Gasteiger partial charge in [-0.25, -0.2) is 0 Å². The molecule has 304 valence electrons. The molecule has 0 aromatic rings. The van der Waals surface area contributed by atoms with Crippen LogP contribution in [0.4, 0.5) is 0 Å². The van der Waals surface area contributed by atoms with E-state index in [0.29, 0.717) is 37.0 Å². The highest BCUT2D eigenvalue weighted by atomic mass is 16.8. The molecule has 8 N–H and O–H groups in total. The van der Waals surface area contributed by atoms with Crippen LogP contribution in [0, 0.1) is 46.3 Å². The highest BCUT2D eigenvalue weighted by Crippen LogP contribution is 2.72. The van der Waals surface area contributed by atoms with E-state index in [4.69, 9.17) is 28.4 Å². The van der Waals surface area contributed by atoms with Crippen LogP contribution in [0.2, 0.25) is 0 Å². The lowest BCUT2D eigenvalue weighted by Crippen LogP contribution is -2.69. The van der Waals surface area contributed by atoms with E-state index in [1.54, 1.807) is 0 Å². The summed E-state index contributed by atoms with van der Waals surface area (Å²) in [7, 11) is 0. The van der Waals surface area contributed by atoms with Gasteiger partial charge in [-0.2, -0.15) is 0 Å². The molecule has 0 unspecified atom stereocenters. The fourth-order valence-corrected chi connectivity index (χ4v) is 13.2. The average molecular weight is 757 g/mol. The second kappa shape index (κ2) is 13.8. The smallest absolute Gasteiger partial charge is 0.187 e. The maximum atomic E-state index is 12.6. The minimum atomic E-state index is -1.68. The fourth-order valence-electron chi connectivity index (χ4n) is 13.2. The van der Waals surface area contributed by atoms with Crippen LogP contribution in [0.25, 0.3) is 0 Å². The summed E-state index contributed by atoms with van der Waals surface area (Å²) in [6.07, 6.45) is -9.21. The molecule has 4 heterocycles. The predicted molar refractivity (Wildman–Crippen MR) is 184 cm³/mol. The van der Waals surface area contributed by atoms with Crippen molar-refractivity contribution in [3.8, 4) is 0 Å². The Labute approximate surface area is 312 Å². The summed E-state index contributed by atoms with van der Waals surface area (Å²) < 4.78 is 37.3. The van der Waals surface area contributed by atoms with Gasteiger partial charge in [-0.15, -0.1) is 0 Å². The number of fused-ring (bicyclic) bond motifs is 7. The first-order chi connectivity index (χ1) is 25.0. The molecule has 0 aromatic carbocycles. The van der Waals surface area contributed by atoms with Crippen LogP contribution < -0.4 is 0 Å². The topological polar surface area (TPSA) is 217 Å². The summed E-state index contributed by atoms with van der Waals surface area (Å²) in [5.41, 5.74) is -2.02. The van der Waals surface area contributed by atoms with E-state index in [9.17, 15) is 40.9 Å². The second-order valence-electron chi connectivity index (χ2n) is 19.0. The monoisotopic (exact) mass is 756 g/mol. The zero-order valence-corrected chi connectivity index (χ0v) is 31.8. The van der Waals surface area contributed by atoms with Crippen LogP contribution in [0.5, 0.6) is 0 Å². The molecule has 8 rings (SSSR count). The Morgan fingerprint density at radius 3 is 2.21 bits per heavy atom. The van der Waals surface area contributed by atoms with E-state index in [-0.39, 0.29) is 35.7 Å². The molecule has 53 heavy (non-hydrogen) atoms. The number of rotatable bonds is 5. The van der Waals surface area contributed by atoms with Crippen molar-refractivity contribution in [2.45, 2.75) is 184 Å². The third-order valence-corrected chi connectivity index (χ3v) is 16.3. The Kier molecular flexibility index (Phi) is 10.2. The van der Waals surface area contributed by atoms with E-state index in [1.807, 2.05) is 0 Å². The molecule has 14 heteroatoms. The van der Waals surface area contributed by atoms with Gasteiger partial charge >= 0.3 is 0 Å². The summed E-state index contributed by atoms with van der Waals surface area (Å²) in [5.74, 6) is 1.50. The van der Waals surface area contributed by atoms with Crippen molar-refractivity contribution in [3.63, 3.8) is 0 Å². The Bertz CT molecular complexity index is 1330. The minimum Gasteiger partial charge on any atom is -0.394 e. The zero-order chi connectivity index (χ0) is 38.0. The van der Waals surface area contributed by atoms with Gasteiger partial charge in [-0.05, 0) is 86.9 Å². The largest absolute Gasteiger partial charge is 0.394 e. The van der Waals surface area contributed by atoms with Crippen molar-refractivity contribution in [3.05, 3.63) is 0 Å². The van der Waals surface area contributed by atoms with Gasteiger partial charge in [-0.3, -0.25) is 0 Å². The number of ether oxygens (including phenoxy) is 6. The van der Waals surface area contributed by atoms with Crippen LogP contribution >= 0.6 is 0 Å². The molecule has 23 atom stereocenters.